The third-order valence-electron chi connectivity index (χ3n) is 7.70. The van der Waals surface area contributed by atoms with E-state index < -0.39 is 5.60 Å². The second kappa shape index (κ2) is 12.4. The van der Waals surface area contributed by atoms with Crippen LogP contribution in [-0.2, 0) is 20.8 Å². The van der Waals surface area contributed by atoms with Crippen LogP contribution in [0.1, 0.15) is 36.9 Å². The number of rotatable bonds is 11. The first kappa shape index (κ1) is 29.3. The maximum Gasteiger partial charge on any atom is 0.270 e. The summed E-state index contributed by atoms with van der Waals surface area (Å²) >= 11 is 1.39. The number of H-pyrrole nitrogens is 1. The Kier molecular flexibility index (Phi) is 8.48. The number of carbonyl (C=O) groups is 2. The lowest BCUT2D eigenvalue weighted by molar-refractivity contribution is -0.132. The van der Waals surface area contributed by atoms with Gasteiger partial charge in [-0.15, -0.1) is 11.3 Å². The summed E-state index contributed by atoms with van der Waals surface area (Å²) in [6.45, 7) is 11.7. The van der Waals surface area contributed by atoms with E-state index in [2.05, 4.69) is 20.4 Å². The van der Waals surface area contributed by atoms with Crippen molar-refractivity contribution in [1.29, 1.82) is 0 Å². The van der Waals surface area contributed by atoms with E-state index in [1.807, 2.05) is 34.6 Å². The predicted molar refractivity (Wildman–Crippen MR) is 165 cm³/mol. The number of carbonyl (C=O) groups excluding carboxylic acids is 2. The van der Waals surface area contributed by atoms with Crippen molar-refractivity contribution in [3.05, 3.63) is 41.5 Å². The number of nitrogens with one attached hydrogen (secondary N) is 2. The summed E-state index contributed by atoms with van der Waals surface area (Å²) in [5.41, 5.74) is 2.07. The van der Waals surface area contributed by atoms with E-state index in [0.717, 1.165) is 42.0 Å². The molecule has 1 saturated heterocycles. The molecule has 0 atom stereocenters. The molecule has 0 saturated carbocycles. The van der Waals surface area contributed by atoms with Crippen LogP contribution in [0.15, 0.2) is 36.7 Å². The lowest BCUT2D eigenvalue weighted by atomic mass is 10.0. The van der Waals surface area contributed by atoms with Crippen molar-refractivity contribution in [3.8, 4) is 16.2 Å². The van der Waals surface area contributed by atoms with E-state index in [4.69, 9.17) is 19.2 Å². The average molecular weight is 608 g/mol. The number of hydrogen-bond acceptors (Lipinski definition) is 9. The number of aromatic amines is 1. The molecule has 1 fully saturated rings. The standard InChI is InChI=1S/C30H37N7O5S/c1-4-40-13-5-8-37-22-17-24-23(36(28(39)30(2,3)42-24)10-9-35-11-14-41-15-12-35)16-21(22)33-29(37)34-27(38)26-7-6-25(43-26)20-18-31-32-19-20/h6-7,16-19H,4-5,8-15H2,1-3H3,(H,31,32)(H,33,34,38). The molecule has 6 rings (SSSR count). The van der Waals surface area contributed by atoms with Gasteiger partial charge < -0.3 is 23.7 Å². The molecule has 0 radical (unpaired) electrons. The smallest absolute Gasteiger partial charge is 0.270 e. The van der Waals surface area contributed by atoms with Crippen molar-refractivity contribution in [1.82, 2.24) is 24.6 Å². The Morgan fingerprint density at radius 2 is 2.02 bits per heavy atom. The topological polar surface area (TPSA) is 127 Å². The average Bonchev–Trinajstić information content (AvgIpc) is 3.76. The highest BCUT2D eigenvalue weighted by molar-refractivity contribution is 7.17. The first-order valence-corrected chi connectivity index (χ1v) is 15.5. The number of thiophene rings is 1. The van der Waals surface area contributed by atoms with Gasteiger partial charge in [-0.25, -0.2) is 4.98 Å². The molecule has 0 unspecified atom stereocenters. The molecule has 4 aromatic rings. The van der Waals surface area contributed by atoms with E-state index in [-0.39, 0.29) is 11.8 Å². The Bertz CT molecular complexity index is 1590. The van der Waals surface area contributed by atoms with Crippen molar-refractivity contribution in [2.24, 2.45) is 0 Å². The van der Waals surface area contributed by atoms with Gasteiger partial charge in [0.25, 0.3) is 11.8 Å². The number of morpholine rings is 1. The summed E-state index contributed by atoms with van der Waals surface area (Å²) in [5.74, 6) is 0.711. The molecule has 13 heteroatoms. The summed E-state index contributed by atoms with van der Waals surface area (Å²) < 4.78 is 19.3. The SMILES string of the molecule is CCOCCCn1c(NC(=O)c2ccc(-c3cn[nH]c3)s2)nc2cc3c(cc21)OC(C)(C)C(=O)N3CCN1CCOCC1. The minimum absolute atomic E-state index is 0.0941. The summed E-state index contributed by atoms with van der Waals surface area (Å²) in [7, 11) is 0. The Labute approximate surface area is 253 Å². The van der Waals surface area contributed by atoms with Crippen LogP contribution in [0.2, 0.25) is 0 Å². The maximum atomic E-state index is 13.5. The van der Waals surface area contributed by atoms with Gasteiger partial charge in [0.2, 0.25) is 5.95 Å². The number of ether oxygens (including phenoxy) is 3. The molecule has 3 aromatic heterocycles. The van der Waals surface area contributed by atoms with E-state index in [1.54, 1.807) is 32.3 Å². The summed E-state index contributed by atoms with van der Waals surface area (Å²) in [6.07, 6.45) is 4.26. The summed E-state index contributed by atoms with van der Waals surface area (Å²) in [4.78, 5) is 37.4. The van der Waals surface area contributed by atoms with E-state index >= 15 is 0 Å². The van der Waals surface area contributed by atoms with Gasteiger partial charge in [-0.3, -0.25) is 24.9 Å². The van der Waals surface area contributed by atoms with E-state index in [9.17, 15) is 9.59 Å². The van der Waals surface area contributed by atoms with Crippen LogP contribution < -0.4 is 15.0 Å². The third kappa shape index (κ3) is 6.16. The van der Waals surface area contributed by atoms with Gasteiger partial charge >= 0.3 is 0 Å². The first-order valence-electron chi connectivity index (χ1n) is 14.7. The fraction of sp³-hybridized carbons (Fsp3) is 0.467. The van der Waals surface area contributed by atoms with Gasteiger partial charge in [-0.2, -0.15) is 5.10 Å². The second-order valence-electron chi connectivity index (χ2n) is 11.1. The fourth-order valence-electron chi connectivity index (χ4n) is 5.43. The van der Waals surface area contributed by atoms with Gasteiger partial charge in [0, 0.05) is 68.6 Å². The quantitative estimate of drug-likeness (QED) is 0.245. The largest absolute Gasteiger partial charge is 0.476 e. The highest BCUT2D eigenvalue weighted by Crippen LogP contribution is 2.41. The van der Waals surface area contributed by atoms with Gasteiger partial charge in [-0.05, 0) is 45.4 Å². The molecule has 2 amide bonds. The van der Waals surface area contributed by atoms with Crippen LogP contribution in [0.5, 0.6) is 5.75 Å². The number of hydrogen-bond donors (Lipinski definition) is 2. The lowest BCUT2D eigenvalue weighted by Gasteiger charge is -2.40. The molecular formula is C30H37N7O5S. The summed E-state index contributed by atoms with van der Waals surface area (Å²) in [5, 5.41) is 9.84. The second-order valence-corrected chi connectivity index (χ2v) is 12.2. The van der Waals surface area contributed by atoms with Crippen molar-refractivity contribution in [3.63, 3.8) is 0 Å². The minimum atomic E-state index is -1.02. The van der Waals surface area contributed by atoms with Crippen LogP contribution in [0.3, 0.4) is 0 Å². The van der Waals surface area contributed by atoms with Crippen LogP contribution in [-0.4, -0.2) is 94.7 Å². The van der Waals surface area contributed by atoms with Crippen LogP contribution in [0.4, 0.5) is 11.6 Å². The zero-order valence-corrected chi connectivity index (χ0v) is 25.5. The Hall–Kier alpha value is -3.78. The Balaban J connectivity index is 1.32. The van der Waals surface area contributed by atoms with Gasteiger partial charge in [0.05, 0.1) is 41.0 Å². The normalized spacial score (nSPS) is 16.8. The summed E-state index contributed by atoms with van der Waals surface area (Å²) in [6, 6.07) is 7.54. The van der Waals surface area contributed by atoms with Crippen molar-refractivity contribution >= 4 is 45.8 Å². The molecule has 0 bridgehead atoms. The molecule has 5 heterocycles. The van der Waals surface area contributed by atoms with Crippen LogP contribution in [0.25, 0.3) is 21.5 Å². The molecule has 228 valence electrons. The fourth-order valence-corrected chi connectivity index (χ4v) is 6.31. The Morgan fingerprint density at radius 1 is 1.19 bits per heavy atom. The molecule has 1 aromatic carbocycles. The van der Waals surface area contributed by atoms with Crippen LogP contribution >= 0.6 is 11.3 Å². The van der Waals surface area contributed by atoms with E-state index in [0.29, 0.717) is 67.3 Å². The van der Waals surface area contributed by atoms with Gasteiger partial charge in [-0.1, -0.05) is 0 Å². The molecule has 43 heavy (non-hydrogen) atoms. The van der Waals surface area contributed by atoms with Gasteiger partial charge in [0.15, 0.2) is 5.60 Å². The number of imidazole rings is 1. The zero-order valence-electron chi connectivity index (χ0n) is 24.7. The lowest BCUT2D eigenvalue weighted by Crippen LogP contribution is -2.54. The monoisotopic (exact) mass is 607 g/mol. The maximum absolute atomic E-state index is 13.5. The molecule has 0 aliphatic carbocycles. The molecule has 0 spiro atoms. The third-order valence-corrected chi connectivity index (χ3v) is 8.83. The minimum Gasteiger partial charge on any atom is -0.476 e. The zero-order chi connectivity index (χ0) is 30.0. The predicted octanol–water partition coefficient (Wildman–Crippen LogP) is 4.00. The van der Waals surface area contributed by atoms with Crippen LogP contribution in [0, 0.1) is 0 Å². The molecule has 2 N–H and O–H groups in total. The number of anilines is 2. The van der Waals surface area contributed by atoms with Crippen molar-refractivity contribution < 1.29 is 23.8 Å². The van der Waals surface area contributed by atoms with Crippen molar-refractivity contribution in [2.75, 3.05) is 62.8 Å². The number of benzene rings is 1. The molecular weight excluding hydrogens is 570 g/mol. The highest BCUT2D eigenvalue weighted by atomic mass is 32.1. The molecule has 12 nitrogen and oxygen atoms in total. The first-order chi connectivity index (χ1) is 20.8. The molecule has 2 aliphatic rings. The molecule has 2 aliphatic heterocycles. The number of nitrogens with zero attached hydrogens (tertiary/aromatic N) is 5. The highest BCUT2D eigenvalue weighted by Gasteiger charge is 2.41. The van der Waals surface area contributed by atoms with Gasteiger partial charge in [0.1, 0.15) is 5.75 Å². The van der Waals surface area contributed by atoms with E-state index in [1.165, 1.54) is 11.3 Å². The Morgan fingerprint density at radius 3 is 2.79 bits per heavy atom. The number of amides is 2. The number of fused-ring (bicyclic) bond motifs is 2. The number of aryl methyl sites for hydroxylation is 1. The number of aromatic nitrogens is 4. The van der Waals surface area contributed by atoms with Crippen molar-refractivity contribution in [2.45, 2.75) is 39.3 Å².